The third-order valence-corrected chi connectivity index (χ3v) is 10.9. The smallest absolute Gasteiger partial charge is 0.143 e. The average molecular weight is 704 g/mol. The third-order valence-electron chi connectivity index (χ3n) is 10.9. The number of nitrogens with zero attached hydrogens (tertiary/aromatic N) is 1. The number of benzene rings is 9. The normalized spacial score (nSPS) is 11.6. The fraction of sp³-hybridized carbons (Fsp3) is 0. The predicted molar refractivity (Wildman–Crippen MR) is 229 cm³/mol. The monoisotopic (exact) mass is 703 g/mol. The number of hydrogen-bond acceptors (Lipinski definition) is 3. The van der Waals surface area contributed by atoms with E-state index >= 15 is 0 Å². The van der Waals surface area contributed by atoms with E-state index in [4.69, 9.17) is 8.83 Å². The zero-order valence-electron chi connectivity index (χ0n) is 29.8. The molecular weight excluding hydrogens is 671 g/mol. The first-order chi connectivity index (χ1) is 27.2. The summed E-state index contributed by atoms with van der Waals surface area (Å²) in [5.74, 6) is 0. The lowest BCUT2D eigenvalue weighted by molar-refractivity contribution is 0.669. The maximum absolute atomic E-state index is 6.47. The number of rotatable bonds is 6. The van der Waals surface area contributed by atoms with E-state index in [1.807, 2.05) is 18.2 Å². The molecule has 3 nitrogen and oxygen atoms in total. The molecule has 0 aliphatic carbocycles. The lowest BCUT2D eigenvalue weighted by Gasteiger charge is -2.27. The van der Waals surface area contributed by atoms with Crippen LogP contribution in [0.2, 0.25) is 0 Å². The van der Waals surface area contributed by atoms with Crippen LogP contribution in [-0.2, 0) is 0 Å². The van der Waals surface area contributed by atoms with Crippen molar-refractivity contribution in [3.63, 3.8) is 0 Å². The van der Waals surface area contributed by atoms with E-state index in [0.29, 0.717) is 0 Å². The van der Waals surface area contributed by atoms with Crippen LogP contribution >= 0.6 is 0 Å². The van der Waals surface area contributed by atoms with Gasteiger partial charge < -0.3 is 13.7 Å². The predicted octanol–water partition coefficient (Wildman–Crippen LogP) is 15.1. The Labute approximate surface area is 317 Å². The fourth-order valence-corrected chi connectivity index (χ4v) is 8.16. The van der Waals surface area contributed by atoms with Crippen molar-refractivity contribution >= 4 is 71.7 Å². The summed E-state index contributed by atoms with van der Waals surface area (Å²) >= 11 is 0. The Balaban J connectivity index is 0.975. The number of hydrogen-bond donors (Lipinski definition) is 0. The summed E-state index contributed by atoms with van der Waals surface area (Å²) < 4.78 is 12.7. The van der Waals surface area contributed by atoms with Crippen molar-refractivity contribution in [3.05, 3.63) is 200 Å². The second-order valence-corrected chi connectivity index (χ2v) is 14.1. The van der Waals surface area contributed by atoms with E-state index in [-0.39, 0.29) is 0 Å². The van der Waals surface area contributed by atoms with Crippen molar-refractivity contribution in [2.45, 2.75) is 0 Å². The highest BCUT2D eigenvalue weighted by molar-refractivity contribution is 6.11. The van der Waals surface area contributed by atoms with Crippen LogP contribution in [0.5, 0.6) is 0 Å². The molecule has 258 valence electrons. The molecule has 0 N–H and O–H groups in total. The topological polar surface area (TPSA) is 29.5 Å². The summed E-state index contributed by atoms with van der Waals surface area (Å²) in [6, 6.07) is 71.0. The van der Waals surface area contributed by atoms with Gasteiger partial charge in [-0.2, -0.15) is 0 Å². The Morgan fingerprint density at radius 2 is 0.891 bits per heavy atom. The van der Waals surface area contributed by atoms with Gasteiger partial charge >= 0.3 is 0 Å². The molecule has 0 aliphatic rings. The molecular formula is C52H33NO2. The zero-order chi connectivity index (χ0) is 36.3. The summed E-state index contributed by atoms with van der Waals surface area (Å²) in [4.78, 5) is 2.36. The molecule has 3 heteroatoms. The Morgan fingerprint density at radius 3 is 1.69 bits per heavy atom. The van der Waals surface area contributed by atoms with Crippen molar-refractivity contribution in [1.82, 2.24) is 0 Å². The molecule has 2 aromatic heterocycles. The second kappa shape index (κ2) is 12.6. The highest BCUT2D eigenvalue weighted by Gasteiger charge is 2.17. The first-order valence-electron chi connectivity index (χ1n) is 18.7. The second-order valence-electron chi connectivity index (χ2n) is 14.1. The number of para-hydroxylation sites is 2. The Kier molecular flexibility index (Phi) is 7.17. The fourth-order valence-electron chi connectivity index (χ4n) is 8.16. The average Bonchev–Trinajstić information content (AvgIpc) is 3.82. The van der Waals surface area contributed by atoms with E-state index in [2.05, 4.69) is 187 Å². The Morgan fingerprint density at radius 1 is 0.309 bits per heavy atom. The van der Waals surface area contributed by atoms with Gasteiger partial charge in [-0.3, -0.25) is 0 Å². The summed E-state index contributed by atoms with van der Waals surface area (Å²) in [5.41, 5.74) is 13.7. The van der Waals surface area contributed by atoms with Crippen LogP contribution in [0.25, 0.3) is 88.0 Å². The van der Waals surface area contributed by atoms with Crippen LogP contribution in [0.4, 0.5) is 17.1 Å². The maximum Gasteiger partial charge on any atom is 0.143 e. The van der Waals surface area contributed by atoms with E-state index in [0.717, 1.165) is 94.3 Å². The first kappa shape index (κ1) is 31.2. The summed E-state index contributed by atoms with van der Waals surface area (Å²) in [7, 11) is 0. The third kappa shape index (κ3) is 5.28. The summed E-state index contributed by atoms with van der Waals surface area (Å²) in [5, 5.41) is 6.92. The standard InChI is InChI=1S/C52H33NO2/c1-2-10-37(11-3-1)43-16-9-17-46-47-32-38(25-31-50(47)55-52(43)46)34-20-26-40(27-21-34)53(48-18-8-13-36-12-4-5-14-42(36)48)41-28-22-35(23-29-41)39-24-30-45-44-15-6-7-19-49(44)54-51(45)33-39/h1-33H. The SMILES string of the molecule is c1ccc(-c2cccc3c2oc2ccc(-c4ccc(N(c5ccc(-c6ccc7c(c6)oc6ccccc67)cc5)c5cccc6ccccc56)cc4)cc23)cc1. The molecule has 0 saturated carbocycles. The van der Waals surface area contributed by atoms with Crippen molar-refractivity contribution < 1.29 is 8.83 Å². The van der Waals surface area contributed by atoms with Gasteiger partial charge in [0.1, 0.15) is 22.3 Å². The molecule has 9 aromatic carbocycles. The van der Waals surface area contributed by atoms with E-state index in [1.165, 1.54) is 10.8 Å². The van der Waals surface area contributed by atoms with Gasteiger partial charge in [-0.25, -0.2) is 0 Å². The van der Waals surface area contributed by atoms with Crippen molar-refractivity contribution in [2.75, 3.05) is 4.90 Å². The molecule has 0 saturated heterocycles. The van der Waals surface area contributed by atoms with Crippen LogP contribution in [0.3, 0.4) is 0 Å². The molecule has 0 fully saturated rings. The molecule has 0 radical (unpaired) electrons. The lowest BCUT2D eigenvalue weighted by atomic mass is 9.99. The van der Waals surface area contributed by atoms with Crippen molar-refractivity contribution in [3.8, 4) is 33.4 Å². The van der Waals surface area contributed by atoms with Gasteiger partial charge in [0.25, 0.3) is 0 Å². The molecule has 0 unspecified atom stereocenters. The molecule has 0 aliphatic heterocycles. The molecule has 11 aromatic rings. The molecule has 0 bridgehead atoms. The van der Waals surface area contributed by atoms with Gasteiger partial charge in [0.2, 0.25) is 0 Å². The van der Waals surface area contributed by atoms with Crippen LogP contribution in [0.15, 0.2) is 209 Å². The van der Waals surface area contributed by atoms with Crippen molar-refractivity contribution in [2.24, 2.45) is 0 Å². The minimum absolute atomic E-state index is 0.891. The van der Waals surface area contributed by atoms with Crippen molar-refractivity contribution in [1.29, 1.82) is 0 Å². The molecule has 0 atom stereocenters. The summed E-state index contributed by atoms with van der Waals surface area (Å²) in [6.07, 6.45) is 0. The number of furan rings is 2. The maximum atomic E-state index is 6.47. The van der Waals surface area contributed by atoms with Gasteiger partial charge in [-0.15, -0.1) is 0 Å². The highest BCUT2D eigenvalue weighted by Crippen LogP contribution is 2.42. The van der Waals surface area contributed by atoms with Gasteiger partial charge in [0.15, 0.2) is 0 Å². The van der Waals surface area contributed by atoms with Gasteiger partial charge in [-0.05, 0) is 93.9 Å². The largest absolute Gasteiger partial charge is 0.456 e. The molecule has 2 heterocycles. The van der Waals surface area contributed by atoms with Gasteiger partial charge in [0.05, 0.1) is 5.69 Å². The van der Waals surface area contributed by atoms with Gasteiger partial charge in [0, 0.05) is 43.9 Å². The Bertz CT molecular complexity index is 3180. The highest BCUT2D eigenvalue weighted by atomic mass is 16.3. The minimum atomic E-state index is 0.891. The molecule has 11 rings (SSSR count). The van der Waals surface area contributed by atoms with Gasteiger partial charge in [-0.1, -0.05) is 140 Å². The van der Waals surface area contributed by atoms with Crippen LogP contribution < -0.4 is 4.90 Å². The summed E-state index contributed by atoms with van der Waals surface area (Å²) in [6.45, 7) is 0. The van der Waals surface area contributed by atoms with Crippen LogP contribution in [0.1, 0.15) is 0 Å². The van der Waals surface area contributed by atoms with E-state index < -0.39 is 0 Å². The molecule has 0 spiro atoms. The minimum Gasteiger partial charge on any atom is -0.456 e. The molecule has 55 heavy (non-hydrogen) atoms. The van der Waals surface area contributed by atoms with E-state index in [1.54, 1.807) is 0 Å². The van der Waals surface area contributed by atoms with Crippen LogP contribution in [-0.4, -0.2) is 0 Å². The van der Waals surface area contributed by atoms with E-state index in [9.17, 15) is 0 Å². The number of fused-ring (bicyclic) bond motifs is 7. The lowest BCUT2D eigenvalue weighted by Crippen LogP contribution is -2.10. The van der Waals surface area contributed by atoms with Crippen LogP contribution in [0, 0.1) is 0 Å². The first-order valence-corrected chi connectivity index (χ1v) is 18.7. The zero-order valence-corrected chi connectivity index (χ0v) is 29.8. The number of anilines is 3. The Hall–Kier alpha value is -7.36. The molecule has 0 amide bonds. The quantitative estimate of drug-likeness (QED) is 0.173.